The van der Waals surface area contributed by atoms with Crippen LogP contribution in [0.4, 0.5) is 4.79 Å². The van der Waals surface area contributed by atoms with Crippen LogP contribution in [0, 0.1) is 17.8 Å². The molecule has 0 aliphatic carbocycles. The van der Waals surface area contributed by atoms with E-state index in [0.29, 0.717) is 25.9 Å². The molecule has 0 aromatic carbocycles. The van der Waals surface area contributed by atoms with Crippen LogP contribution in [-0.4, -0.2) is 35.5 Å². The minimum absolute atomic E-state index is 0.0126. The van der Waals surface area contributed by atoms with Gasteiger partial charge in [0.2, 0.25) is 5.78 Å². The molecule has 0 aromatic heterocycles. The topological polar surface area (TPSA) is 46.6 Å². The van der Waals surface area contributed by atoms with Crippen LogP contribution in [0.15, 0.2) is 0 Å². The maximum Gasteiger partial charge on any atom is 0.410 e. The summed E-state index contributed by atoms with van der Waals surface area (Å²) in [4.78, 5) is 25.1. The first kappa shape index (κ1) is 14.6. The van der Waals surface area contributed by atoms with E-state index in [4.69, 9.17) is 4.74 Å². The third kappa shape index (κ3) is 4.40. The predicted octanol–water partition coefficient (Wildman–Crippen LogP) is 2.23. The number of hydrogen-bond acceptors (Lipinski definition) is 3. The number of carbonyl (C=O) groups is 2. The zero-order valence-electron chi connectivity index (χ0n) is 11.6. The third-order valence-electron chi connectivity index (χ3n) is 2.77. The Balaban J connectivity index is 2.46. The van der Waals surface area contributed by atoms with Crippen LogP contribution < -0.4 is 0 Å². The monoisotopic (exact) mass is 251 g/mol. The van der Waals surface area contributed by atoms with Gasteiger partial charge in [0.25, 0.3) is 0 Å². The Morgan fingerprint density at radius 2 is 1.78 bits per heavy atom. The largest absolute Gasteiger partial charge is 0.444 e. The number of ether oxygens (including phenoxy) is 1. The van der Waals surface area contributed by atoms with Crippen molar-refractivity contribution in [3.05, 3.63) is 0 Å². The number of likely N-dealkylation sites (tertiary alicyclic amines) is 1. The van der Waals surface area contributed by atoms with Gasteiger partial charge in [0.15, 0.2) is 0 Å². The molecule has 4 heteroatoms. The van der Waals surface area contributed by atoms with Crippen molar-refractivity contribution in [3.8, 4) is 11.8 Å². The standard InChI is InChI=1S/C14H21NO3/c1-5-6-12(16)11-7-9-15(10-8-11)13(17)18-14(2,3)4/h11H,7-10H2,1-4H3. The minimum Gasteiger partial charge on any atom is -0.444 e. The smallest absolute Gasteiger partial charge is 0.410 e. The number of hydrogen-bond donors (Lipinski definition) is 0. The molecule has 0 saturated carbocycles. The Morgan fingerprint density at radius 1 is 1.22 bits per heavy atom. The van der Waals surface area contributed by atoms with Gasteiger partial charge in [-0.25, -0.2) is 4.79 Å². The van der Waals surface area contributed by atoms with Gasteiger partial charge in [0.05, 0.1) is 0 Å². The fraction of sp³-hybridized carbons (Fsp3) is 0.714. The average Bonchev–Trinajstić information content (AvgIpc) is 2.27. The van der Waals surface area contributed by atoms with E-state index in [1.165, 1.54) is 0 Å². The lowest BCUT2D eigenvalue weighted by atomic mass is 9.93. The lowest BCUT2D eigenvalue weighted by Crippen LogP contribution is -2.42. The molecule has 1 aliphatic rings. The van der Waals surface area contributed by atoms with Crippen LogP contribution in [0.1, 0.15) is 40.5 Å². The van der Waals surface area contributed by atoms with E-state index >= 15 is 0 Å². The van der Waals surface area contributed by atoms with Gasteiger partial charge in [0.1, 0.15) is 5.60 Å². The van der Waals surface area contributed by atoms with Gasteiger partial charge >= 0.3 is 6.09 Å². The molecule has 0 unspecified atom stereocenters. The van der Waals surface area contributed by atoms with Gasteiger partial charge in [-0.2, -0.15) is 0 Å². The van der Waals surface area contributed by atoms with E-state index in [9.17, 15) is 9.59 Å². The van der Waals surface area contributed by atoms with Crippen molar-refractivity contribution in [2.75, 3.05) is 13.1 Å². The number of piperidine rings is 1. The second kappa shape index (κ2) is 5.90. The Labute approximate surface area is 109 Å². The summed E-state index contributed by atoms with van der Waals surface area (Å²) in [6.07, 6.45) is 1.05. The van der Waals surface area contributed by atoms with Crippen molar-refractivity contribution >= 4 is 11.9 Å². The van der Waals surface area contributed by atoms with Crippen LogP contribution in [-0.2, 0) is 9.53 Å². The first-order valence-corrected chi connectivity index (χ1v) is 6.28. The van der Waals surface area contributed by atoms with Crippen LogP contribution >= 0.6 is 0 Å². The molecule has 1 rings (SSSR count). The highest BCUT2D eigenvalue weighted by atomic mass is 16.6. The summed E-state index contributed by atoms with van der Waals surface area (Å²) < 4.78 is 5.29. The summed E-state index contributed by atoms with van der Waals surface area (Å²) in [5, 5.41) is 0. The molecule has 0 radical (unpaired) electrons. The number of amides is 1. The van der Waals surface area contributed by atoms with Crippen LogP contribution in [0.5, 0.6) is 0 Å². The van der Waals surface area contributed by atoms with Gasteiger partial charge in [-0.15, -0.1) is 0 Å². The summed E-state index contributed by atoms with van der Waals surface area (Å²) in [7, 11) is 0. The highest BCUT2D eigenvalue weighted by molar-refractivity contribution is 5.97. The molecule has 1 saturated heterocycles. The summed E-state index contributed by atoms with van der Waals surface area (Å²) in [6.45, 7) is 8.33. The first-order valence-electron chi connectivity index (χ1n) is 6.28. The first-order chi connectivity index (χ1) is 8.33. The molecule has 0 atom stereocenters. The average molecular weight is 251 g/mol. The molecule has 0 spiro atoms. The van der Waals surface area contributed by atoms with Gasteiger partial charge in [-0.05, 0) is 46.5 Å². The summed E-state index contributed by atoms with van der Waals surface area (Å²) >= 11 is 0. The maximum absolute atomic E-state index is 11.8. The van der Waals surface area contributed by atoms with Crippen molar-refractivity contribution in [2.45, 2.75) is 46.1 Å². The van der Waals surface area contributed by atoms with Gasteiger partial charge in [-0.1, -0.05) is 5.92 Å². The number of rotatable bonds is 1. The van der Waals surface area contributed by atoms with Crippen LogP contribution in [0.2, 0.25) is 0 Å². The van der Waals surface area contributed by atoms with E-state index < -0.39 is 5.60 Å². The van der Waals surface area contributed by atoms with Crippen molar-refractivity contribution < 1.29 is 14.3 Å². The Hall–Kier alpha value is -1.50. The van der Waals surface area contributed by atoms with E-state index in [1.54, 1.807) is 11.8 Å². The molecule has 0 aromatic rings. The fourth-order valence-corrected chi connectivity index (χ4v) is 1.88. The fourth-order valence-electron chi connectivity index (χ4n) is 1.88. The summed E-state index contributed by atoms with van der Waals surface area (Å²) in [5.74, 6) is 5.15. The van der Waals surface area contributed by atoms with Crippen molar-refractivity contribution in [1.82, 2.24) is 4.90 Å². The SMILES string of the molecule is CC#CC(=O)C1CCN(C(=O)OC(C)(C)C)CC1. The normalized spacial score (nSPS) is 16.8. The molecular formula is C14H21NO3. The van der Waals surface area contributed by atoms with E-state index in [1.807, 2.05) is 20.8 Å². The van der Waals surface area contributed by atoms with E-state index in [0.717, 1.165) is 0 Å². The highest BCUT2D eigenvalue weighted by Crippen LogP contribution is 2.20. The number of carbonyl (C=O) groups excluding carboxylic acids is 2. The second-order valence-corrected chi connectivity index (χ2v) is 5.48. The van der Waals surface area contributed by atoms with Crippen molar-refractivity contribution in [1.29, 1.82) is 0 Å². The molecule has 18 heavy (non-hydrogen) atoms. The van der Waals surface area contributed by atoms with Gasteiger partial charge in [-0.3, -0.25) is 4.79 Å². The molecule has 1 heterocycles. The Kier molecular flexibility index (Phi) is 4.77. The molecule has 1 fully saturated rings. The van der Waals surface area contributed by atoms with Crippen LogP contribution in [0.25, 0.3) is 0 Å². The molecule has 4 nitrogen and oxygen atoms in total. The van der Waals surface area contributed by atoms with Crippen molar-refractivity contribution in [3.63, 3.8) is 0 Å². The second-order valence-electron chi connectivity index (χ2n) is 5.48. The van der Waals surface area contributed by atoms with Gasteiger partial charge < -0.3 is 9.64 Å². The third-order valence-corrected chi connectivity index (χ3v) is 2.77. The zero-order chi connectivity index (χ0) is 13.8. The molecule has 1 amide bonds. The molecule has 0 bridgehead atoms. The quantitative estimate of drug-likeness (QED) is 0.530. The number of Topliss-reactive ketones (excluding diaryl/α,β-unsaturated/α-hetero) is 1. The maximum atomic E-state index is 11.8. The Bertz CT molecular complexity index is 376. The van der Waals surface area contributed by atoms with E-state index in [-0.39, 0.29) is 17.8 Å². The summed E-state index contributed by atoms with van der Waals surface area (Å²) in [6, 6.07) is 0. The summed E-state index contributed by atoms with van der Waals surface area (Å²) in [5.41, 5.74) is -0.475. The highest BCUT2D eigenvalue weighted by Gasteiger charge is 2.29. The molecule has 100 valence electrons. The lowest BCUT2D eigenvalue weighted by Gasteiger charge is -2.32. The predicted molar refractivity (Wildman–Crippen MR) is 69.0 cm³/mol. The number of nitrogens with zero attached hydrogens (tertiary/aromatic N) is 1. The van der Waals surface area contributed by atoms with Gasteiger partial charge in [0, 0.05) is 19.0 Å². The zero-order valence-corrected chi connectivity index (χ0v) is 11.6. The molecule has 1 aliphatic heterocycles. The Morgan fingerprint density at radius 3 is 2.22 bits per heavy atom. The molecule has 0 N–H and O–H groups in total. The lowest BCUT2D eigenvalue weighted by molar-refractivity contribution is -0.118. The van der Waals surface area contributed by atoms with Crippen LogP contribution in [0.3, 0.4) is 0 Å². The molecular weight excluding hydrogens is 230 g/mol. The minimum atomic E-state index is -0.475. The van der Waals surface area contributed by atoms with E-state index in [2.05, 4.69) is 11.8 Å². The number of ketones is 1. The van der Waals surface area contributed by atoms with Crippen molar-refractivity contribution in [2.24, 2.45) is 5.92 Å².